The number of hydrogen-bond acceptors (Lipinski definition) is 4. The summed E-state index contributed by atoms with van der Waals surface area (Å²) in [7, 11) is 0. The van der Waals surface area contributed by atoms with E-state index in [4.69, 9.17) is 14.2 Å². The molecule has 2 fully saturated rings. The minimum absolute atomic E-state index is 0.297. The molecular weight excluding hydrogens is 230 g/mol. The quantitative estimate of drug-likeness (QED) is 0.752. The molecule has 2 aliphatic rings. The third-order valence-corrected chi connectivity index (χ3v) is 3.63. The smallest absolute Gasteiger partial charge is 0.0813 e. The van der Waals surface area contributed by atoms with Crippen LogP contribution in [0.25, 0.3) is 0 Å². The van der Waals surface area contributed by atoms with Gasteiger partial charge in [0.2, 0.25) is 0 Å². The molecule has 106 valence electrons. The molecule has 2 rings (SSSR count). The fourth-order valence-electron chi connectivity index (χ4n) is 2.50. The van der Waals surface area contributed by atoms with E-state index in [9.17, 15) is 0 Å². The molecule has 3 unspecified atom stereocenters. The highest BCUT2D eigenvalue weighted by atomic mass is 16.5. The van der Waals surface area contributed by atoms with Crippen molar-refractivity contribution in [3.05, 3.63) is 0 Å². The van der Waals surface area contributed by atoms with Gasteiger partial charge in [-0.2, -0.15) is 0 Å². The molecule has 1 N–H and O–H groups in total. The van der Waals surface area contributed by atoms with E-state index in [1.54, 1.807) is 0 Å². The summed E-state index contributed by atoms with van der Waals surface area (Å²) >= 11 is 0. The highest BCUT2D eigenvalue weighted by Gasteiger charge is 2.25. The first-order chi connectivity index (χ1) is 8.74. The lowest BCUT2D eigenvalue weighted by Crippen LogP contribution is -2.32. The number of hydrogen-bond donors (Lipinski definition) is 1. The second-order valence-corrected chi connectivity index (χ2v) is 5.79. The van der Waals surface area contributed by atoms with Crippen molar-refractivity contribution in [3.8, 4) is 0 Å². The lowest BCUT2D eigenvalue weighted by Gasteiger charge is -2.16. The van der Waals surface area contributed by atoms with Crippen LogP contribution < -0.4 is 5.32 Å². The molecule has 0 aromatic heterocycles. The highest BCUT2D eigenvalue weighted by molar-refractivity contribution is 4.76. The van der Waals surface area contributed by atoms with E-state index < -0.39 is 0 Å². The maximum absolute atomic E-state index is 5.96. The zero-order valence-electron chi connectivity index (χ0n) is 11.7. The number of ether oxygens (including phenoxy) is 3. The Morgan fingerprint density at radius 1 is 1.17 bits per heavy atom. The predicted octanol–water partition coefficient (Wildman–Crippen LogP) is 1.59. The molecule has 0 amide bonds. The highest BCUT2D eigenvalue weighted by Crippen LogP contribution is 2.20. The van der Waals surface area contributed by atoms with Crippen LogP contribution in [0.3, 0.4) is 0 Å². The average molecular weight is 257 g/mol. The summed E-state index contributed by atoms with van der Waals surface area (Å²) in [6, 6.07) is 0.534. The second kappa shape index (κ2) is 7.43. The molecule has 0 saturated carbocycles. The molecule has 4 nitrogen and oxygen atoms in total. The molecule has 2 saturated heterocycles. The second-order valence-electron chi connectivity index (χ2n) is 5.79. The van der Waals surface area contributed by atoms with Crippen molar-refractivity contribution in [1.29, 1.82) is 0 Å². The van der Waals surface area contributed by atoms with Gasteiger partial charge in [-0.25, -0.2) is 0 Å². The number of rotatable bonds is 7. The Morgan fingerprint density at radius 3 is 2.72 bits per heavy atom. The van der Waals surface area contributed by atoms with Gasteiger partial charge >= 0.3 is 0 Å². The maximum atomic E-state index is 5.96. The third-order valence-electron chi connectivity index (χ3n) is 3.63. The van der Waals surface area contributed by atoms with Crippen molar-refractivity contribution < 1.29 is 14.2 Å². The average Bonchev–Trinajstić information content (AvgIpc) is 2.97. The van der Waals surface area contributed by atoms with Crippen LogP contribution in [0.2, 0.25) is 0 Å². The van der Waals surface area contributed by atoms with E-state index in [0.29, 0.717) is 24.2 Å². The third kappa shape index (κ3) is 4.84. The fraction of sp³-hybridized carbons (Fsp3) is 1.00. The fourth-order valence-corrected chi connectivity index (χ4v) is 2.50. The minimum Gasteiger partial charge on any atom is -0.381 e. The van der Waals surface area contributed by atoms with Crippen LogP contribution in [0.15, 0.2) is 0 Å². The maximum Gasteiger partial charge on any atom is 0.0813 e. The van der Waals surface area contributed by atoms with E-state index in [0.717, 1.165) is 52.2 Å². The van der Waals surface area contributed by atoms with E-state index >= 15 is 0 Å². The molecule has 0 aromatic rings. The van der Waals surface area contributed by atoms with E-state index in [2.05, 4.69) is 19.2 Å². The van der Waals surface area contributed by atoms with Crippen LogP contribution in [0, 0.1) is 5.92 Å². The first-order valence-electron chi connectivity index (χ1n) is 7.28. The summed E-state index contributed by atoms with van der Waals surface area (Å²) < 4.78 is 17.0. The summed E-state index contributed by atoms with van der Waals surface area (Å²) in [5.41, 5.74) is 0. The van der Waals surface area contributed by atoms with Crippen molar-refractivity contribution in [1.82, 2.24) is 5.32 Å². The molecule has 2 aliphatic heterocycles. The summed E-state index contributed by atoms with van der Waals surface area (Å²) in [6.07, 6.45) is 4.10. The van der Waals surface area contributed by atoms with Crippen molar-refractivity contribution >= 4 is 0 Å². The molecular formula is C14H27NO3. The van der Waals surface area contributed by atoms with Crippen LogP contribution in [0.5, 0.6) is 0 Å². The molecule has 0 radical (unpaired) electrons. The summed E-state index contributed by atoms with van der Waals surface area (Å²) in [5.74, 6) is 0.602. The summed E-state index contributed by atoms with van der Waals surface area (Å²) in [6.45, 7) is 8.63. The van der Waals surface area contributed by atoms with Gasteiger partial charge in [0.15, 0.2) is 0 Å². The Bertz CT molecular complexity index is 229. The van der Waals surface area contributed by atoms with Crippen molar-refractivity contribution in [2.75, 3.05) is 33.0 Å². The topological polar surface area (TPSA) is 39.7 Å². The minimum atomic E-state index is 0.297. The van der Waals surface area contributed by atoms with Crippen LogP contribution >= 0.6 is 0 Å². The van der Waals surface area contributed by atoms with Gasteiger partial charge in [-0.1, -0.05) is 13.8 Å². The van der Waals surface area contributed by atoms with Gasteiger partial charge in [0.05, 0.1) is 32.0 Å². The van der Waals surface area contributed by atoms with Crippen LogP contribution in [-0.2, 0) is 14.2 Å². The van der Waals surface area contributed by atoms with Crippen molar-refractivity contribution in [2.24, 2.45) is 5.92 Å². The first kappa shape index (κ1) is 14.3. The standard InChI is InChI=1S/C14H27NO3/c1-11(2)15-7-13-3-4-14(18-13)10-17-9-12-5-6-16-8-12/h11-15H,3-10H2,1-2H3. The summed E-state index contributed by atoms with van der Waals surface area (Å²) in [5, 5.41) is 3.43. The summed E-state index contributed by atoms with van der Waals surface area (Å²) in [4.78, 5) is 0. The van der Waals surface area contributed by atoms with E-state index in [1.807, 2.05) is 0 Å². The van der Waals surface area contributed by atoms with E-state index in [-0.39, 0.29) is 0 Å². The molecule has 0 aliphatic carbocycles. The monoisotopic (exact) mass is 257 g/mol. The molecule has 18 heavy (non-hydrogen) atoms. The molecule has 0 aromatic carbocycles. The molecule has 2 heterocycles. The zero-order chi connectivity index (χ0) is 12.8. The normalized spacial score (nSPS) is 32.5. The Morgan fingerprint density at radius 2 is 2.00 bits per heavy atom. The Balaban J connectivity index is 1.52. The Kier molecular flexibility index (Phi) is 5.89. The molecule has 3 atom stereocenters. The molecule has 4 heteroatoms. The lowest BCUT2D eigenvalue weighted by atomic mass is 10.1. The van der Waals surface area contributed by atoms with Gasteiger partial charge < -0.3 is 19.5 Å². The zero-order valence-corrected chi connectivity index (χ0v) is 11.7. The SMILES string of the molecule is CC(C)NCC1CCC(COCC2CCOC2)O1. The van der Waals surface area contributed by atoms with Crippen LogP contribution in [0.4, 0.5) is 0 Å². The Labute approximate surface area is 110 Å². The number of nitrogens with one attached hydrogen (secondary N) is 1. The van der Waals surface area contributed by atoms with E-state index in [1.165, 1.54) is 0 Å². The largest absolute Gasteiger partial charge is 0.381 e. The first-order valence-corrected chi connectivity index (χ1v) is 7.28. The van der Waals surface area contributed by atoms with Crippen molar-refractivity contribution in [2.45, 2.75) is 51.4 Å². The van der Waals surface area contributed by atoms with Gasteiger partial charge in [-0.05, 0) is 19.3 Å². The van der Waals surface area contributed by atoms with Gasteiger partial charge in [0.1, 0.15) is 0 Å². The van der Waals surface area contributed by atoms with Gasteiger partial charge in [0, 0.05) is 25.1 Å². The predicted molar refractivity (Wildman–Crippen MR) is 70.8 cm³/mol. The van der Waals surface area contributed by atoms with Gasteiger partial charge in [-0.15, -0.1) is 0 Å². The Hall–Kier alpha value is -0.160. The van der Waals surface area contributed by atoms with Crippen LogP contribution in [0.1, 0.15) is 33.1 Å². The van der Waals surface area contributed by atoms with Gasteiger partial charge in [0.25, 0.3) is 0 Å². The van der Waals surface area contributed by atoms with Crippen molar-refractivity contribution in [3.63, 3.8) is 0 Å². The lowest BCUT2D eigenvalue weighted by molar-refractivity contribution is -0.0228. The molecule has 0 spiro atoms. The molecule has 0 bridgehead atoms. The van der Waals surface area contributed by atoms with Gasteiger partial charge in [-0.3, -0.25) is 0 Å². The van der Waals surface area contributed by atoms with Crippen LogP contribution in [-0.4, -0.2) is 51.2 Å².